The molecule has 0 amide bonds. The van der Waals surface area contributed by atoms with Gasteiger partial charge in [-0.25, -0.2) is 0 Å². The number of benzene rings is 7. The van der Waals surface area contributed by atoms with E-state index in [4.69, 9.17) is 14.3 Å². The lowest BCUT2D eigenvalue weighted by atomic mass is 9.79. The number of fused-ring (bicyclic) bond motifs is 13. The van der Waals surface area contributed by atoms with Crippen LogP contribution in [0.4, 0.5) is 17.1 Å². The number of hydrogen-bond acceptors (Lipinski definition) is 3. The van der Waals surface area contributed by atoms with Gasteiger partial charge in [-0.1, -0.05) is 142 Å². The fourth-order valence-corrected chi connectivity index (χ4v) is 10.1. The van der Waals surface area contributed by atoms with Crippen molar-refractivity contribution in [3.8, 4) is 22.3 Å². The molecule has 2 heterocycles. The van der Waals surface area contributed by atoms with E-state index in [9.17, 15) is 4.11 Å². The highest BCUT2D eigenvalue weighted by molar-refractivity contribution is 6.17. The second-order valence-corrected chi connectivity index (χ2v) is 19.7. The highest BCUT2D eigenvalue weighted by Gasteiger charge is 2.40. The summed E-state index contributed by atoms with van der Waals surface area (Å²) in [6.07, 6.45) is 0. The molecule has 0 saturated heterocycles. The molecule has 9 aromatic rings. The third-order valence-corrected chi connectivity index (χ3v) is 13.3. The molecule has 0 bridgehead atoms. The van der Waals surface area contributed by atoms with Crippen LogP contribution in [0.1, 0.15) is 112 Å². The first-order valence-electron chi connectivity index (χ1n) is 24.1. The van der Waals surface area contributed by atoms with Crippen molar-refractivity contribution < 1.29 is 18.4 Å². The fraction of sp³-hybridized carbons (Fsp3) is 0.250. The highest BCUT2D eigenvalue weighted by Crippen LogP contribution is 2.57. The molecular formula is C56H51NO2. The summed E-state index contributed by atoms with van der Waals surface area (Å²) in [6, 6.07) is 27.3. The van der Waals surface area contributed by atoms with E-state index in [1.54, 1.807) is 0 Å². The van der Waals surface area contributed by atoms with Gasteiger partial charge in [0.05, 0.1) is 20.7 Å². The summed E-state index contributed by atoms with van der Waals surface area (Å²) < 4.78 is 76.5. The maximum Gasteiger partial charge on any atom is 0.139 e. The van der Waals surface area contributed by atoms with Crippen molar-refractivity contribution >= 4 is 60.9 Å². The molecule has 0 aliphatic heterocycles. The van der Waals surface area contributed by atoms with E-state index in [0.29, 0.717) is 11.4 Å². The Kier molecular flexibility index (Phi) is 5.83. The van der Waals surface area contributed by atoms with Gasteiger partial charge in [-0.15, -0.1) is 0 Å². The molecule has 7 aromatic carbocycles. The number of anilines is 3. The molecule has 0 fully saturated rings. The Labute approximate surface area is 357 Å². The van der Waals surface area contributed by atoms with E-state index in [-0.39, 0.29) is 74.1 Å². The van der Waals surface area contributed by atoms with Crippen molar-refractivity contribution in [1.82, 2.24) is 0 Å². The van der Waals surface area contributed by atoms with Crippen molar-refractivity contribution in [3.63, 3.8) is 0 Å². The molecule has 0 spiro atoms. The fourth-order valence-electron chi connectivity index (χ4n) is 10.1. The van der Waals surface area contributed by atoms with Crippen LogP contribution in [-0.2, 0) is 21.7 Å². The molecule has 11 rings (SSSR count). The highest BCUT2D eigenvalue weighted by atomic mass is 16.3. The zero-order valence-electron chi connectivity index (χ0n) is 42.3. The second kappa shape index (κ2) is 11.8. The van der Waals surface area contributed by atoms with E-state index in [1.807, 2.05) is 17.0 Å². The normalized spacial score (nSPS) is 16.9. The van der Waals surface area contributed by atoms with Crippen LogP contribution in [0.5, 0.6) is 0 Å². The lowest BCUT2D eigenvalue weighted by molar-refractivity contribution is 0.559. The summed E-state index contributed by atoms with van der Waals surface area (Å²) in [5, 5.41) is 2.35. The van der Waals surface area contributed by atoms with Crippen LogP contribution in [0.2, 0.25) is 0 Å². The summed E-state index contributed by atoms with van der Waals surface area (Å²) >= 11 is 0. The number of furan rings is 2. The zero-order chi connectivity index (χ0) is 47.1. The minimum absolute atomic E-state index is 0.0652. The third kappa shape index (κ3) is 5.00. The van der Waals surface area contributed by atoms with Gasteiger partial charge in [-0.3, -0.25) is 0 Å². The van der Waals surface area contributed by atoms with Crippen LogP contribution in [0.25, 0.3) is 66.1 Å². The van der Waals surface area contributed by atoms with Crippen LogP contribution < -0.4 is 4.90 Å². The molecule has 0 atom stereocenters. The lowest BCUT2D eigenvalue weighted by Crippen LogP contribution is -2.17. The van der Waals surface area contributed by atoms with Gasteiger partial charge in [-0.2, -0.15) is 0 Å². The van der Waals surface area contributed by atoms with Crippen molar-refractivity contribution in [2.75, 3.05) is 4.90 Å². The molecule has 0 radical (unpaired) electrons. The second-order valence-electron chi connectivity index (χ2n) is 19.7. The van der Waals surface area contributed by atoms with E-state index in [0.717, 1.165) is 60.9 Å². The standard InChI is InChI=1S/C56H51NO2/c1-53(2,3)32-28-39-51-48(59-52(39)44(29-32)54(4,5)6)27-26-42-49(51)38-30-33(23-25-41(38)55(42,7)8)57(45-19-15-21-47-50(45)37-17-12-14-20-46(37)58-47)34-22-24-36-35-16-11-13-18-40(35)56(9,10)43(36)31-34/h11-31H,1-10H3/i12D,14D,15D,17D,19D,20D,21D. The molecule has 59 heavy (non-hydrogen) atoms. The van der Waals surface area contributed by atoms with Crippen molar-refractivity contribution in [1.29, 1.82) is 0 Å². The largest absolute Gasteiger partial charge is 0.456 e. The molecule has 0 unspecified atom stereocenters. The molecule has 2 aromatic heterocycles. The summed E-state index contributed by atoms with van der Waals surface area (Å²) in [5.41, 5.74) is 13.2. The molecule has 3 nitrogen and oxygen atoms in total. The molecule has 2 aliphatic rings. The molecule has 292 valence electrons. The zero-order valence-corrected chi connectivity index (χ0v) is 35.3. The van der Waals surface area contributed by atoms with Gasteiger partial charge in [-0.05, 0) is 115 Å². The van der Waals surface area contributed by atoms with E-state index >= 15 is 0 Å². The monoisotopic (exact) mass is 776 g/mol. The van der Waals surface area contributed by atoms with Crippen LogP contribution in [-0.4, -0.2) is 0 Å². The van der Waals surface area contributed by atoms with Crippen LogP contribution in [0.15, 0.2) is 136 Å². The summed E-state index contributed by atoms with van der Waals surface area (Å²) in [6.45, 7) is 22.3. The predicted molar refractivity (Wildman–Crippen MR) is 248 cm³/mol. The first kappa shape index (κ1) is 29.2. The topological polar surface area (TPSA) is 29.5 Å². The molecule has 3 heteroatoms. The van der Waals surface area contributed by atoms with Gasteiger partial charge in [0.1, 0.15) is 22.3 Å². The first-order valence-corrected chi connectivity index (χ1v) is 20.6. The predicted octanol–water partition coefficient (Wildman–Crippen LogP) is 16.2. The van der Waals surface area contributed by atoms with Crippen LogP contribution >= 0.6 is 0 Å². The quantitative estimate of drug-likeness (QED) is 0.179. The average molecular weight is 777 g/mol. The minimum atomic E-state index is -0.462. The third-order valence-electron chi connectivity index (χ3n) is 13.3. The first-order chi connectivity index (χ1) is 30.9. The Morgan fingerprint density at radius 1 is 0.525 bits per heavy atom. The summed E-state index contributed by atoms with van der Waals surface area (Å²) in [4.78, 5) is 1.94. The van der Waals surface area contributed by atoms with Gasteiger partial charge in [0.25, 0.3) is 0 Å². The van der Waals surface area contributed by atoms with Gasteiger partial charge >= 0.3 is 0 Å². The minimum Gasteiger partial charge on any atom is -0.456 e. The van der Waals surface area contributed by atoms with E-state index < -0.39 is 17.5 Å². The van der Waals surface area contributed by atoms with Crippen molar-refractivity contribution in [2.45, 2.75) is 90.9 Å². The Balaban J connectivity index is 1.26. The molecule has 2 aliphatic carbocycles. The van der Waals surface area contributed by atoms with E-state index in [2.05, 4.69) is 142 Å². The summed E-state index contributed by atoms with van der Waals surface area (Å²) in [7, 11) is 0. The smallest absolute Gasteiger partial charge is 0.139 e. The number of para-hydroxylation sites is 1. The number of nitrogens with zero attached hydrogens (tertiary/aromatic N) is 1. The van der Waals surface area contributed by atoms with Crippen molar-refractivity contribution in [2.24, 2.45) is 0 Å². The molecular weight excluding hydrogens is 719 g/mol. The van der Waals surface area contributed by atoms with Crippen LogP contribution in [0.3, 0.4) is 0 Å². The Bertz CT molecular complexity index is 3650. The maximum atomic E-state index is 9.77. The van der Waals surface area contributed by atoms with Crippen LogP contribution in [0, 0.1) is 0 Å². The molecule has 0 saturated carbocycles. The maximum absolute atomic E-state index is 9.77. The molecule has 0 N–H and O–H groups in total. The van der Waals surface area contributed by atoms with E-state index in [1.165, 1.54) is 16.7 Å². The van der Waals surface area contributed by atoms with Gasteiger partial charge in [0.15, 0.2) is 0 Å². The van der Waals surface area contributed by atoms with Gasteiger partial charge in [0.2, 0.25) is 0 Å². The Hall–Kier alpha value is -6.06. The Morgan fingerprint density at radius 3 is 2.00 bits per heavy atom. The SMILES string of the molecule is [2H]c1c([2H])c([2H])c2c(oc3c([2H])c([2H])c([2H])c(N(c4ccc5c(c4)-c4c(ccc6oc7c(C(C)(C)C)cc(C(C)(C)C)cc7c46)C5(C)C)c4ccc5c(c4)C(C)(C)c4ccccc4-5)c32)c1[2H]. The number of hydrogen-bond donors (Lipinski definition) is 0. The summed E-state index contributed by atoms with van der Waals surface area (Å²) in [5.74, 6) is 0. The average Bonchev–Trinajstić information content (AvgIpc) is 3.97. The van der Waals surface area contributed by atoms with Gasteiger partial charge < -0.3 is 13.7 Å². The lowest BCUT2D eigenvalue weighted by Gasteiger charge is -2.29. The number of rotatable bonds is 3. The Morgan fingerprint density at radius 2 is 1.20 bits per heavy atom. The van der Waals surface area contributed by atoms with Gasteiger partial charge in [0, 0.05) is 43.9 Å². The van der Waals surface area contributed by atoms with Crippen molar-refractivity contribution in [3.05, 3.63) is 161 Å².